The fourth-order valence-corrected chi connectivity index (χ4v) is 3.37. The SMILES string of the molecule is CCSC1CCC(NC(=O)C(C)C(C)C(=O)O)C1. The summed E-state index contributed by atoms with van der Waals surface area (Å²) in [4.78, 5) is 22.8. The number of aliphatic carboxylic acids is 1. The van der Waals surface area contributed by atoms with E-state index in [1.807, 2.05) is 11.8 Å². The lowest BCUT2D eigenvalue weighted by atomic mass is 9.95. The van der Waals surface area contributed by atoms with Crippen LogP contribution in [0.5, 0.6) is 0 Å². The Morgan fingerprint density at radius 2 is 2.00 bits per heavy atom. The monoisotopic (exact) mass is 273 g/mol. The summed E-state index contributed by atoms with van der Waals surface area (Å²) in [7, 11) is 0. The predicted molar refractivity (Wildman–Crippen MR) is 73.7 cm³/mol. The van der Waals surface area contributed by atoms with Gasteiger partial charge in [-0.1, -0.05) is 20.8 Å². The summed E-state index contributed by atoms with van der Waals surface area (Å²) < 4.78 is 0. The van der Waals surface area contributed by atoms with Crippen molar-refractivity contribution in [2.24, 2.45) is 11.8 Å². The molecule has 18 heavy (non-hydrogen) atoms. The third kappa shape index (κ3) is 4.19. The molecule has 1 saturated carbocycles. The second kappa shape index (κ2) is 7.02. The Bertz CT molecular complexity index is 309. The summed E-state index contributed by atoms with van der Waals surface area (Å²) in [5, 5.41) is 12.5. The van der Waals surface area contributed by atoms with E-state index in [2.05, 4.69) is 12.2 Å². The van der Waals surface area contributed by atoms with E-state index >= 15 is 0 Å². The van der Waals surface area contributed by atoms with Gasteiger partial charge in [-0.05, 0) is 25.0 Å². The Balaban J connectivity index is 2.39. The van der Waals surface area contributed by atoms with E-state index in [4.69, 9.17) is 5.11 Å². The van der Waals surface area contributed by atoms with Gasteiger partial charge in [0.05, 0.1) is 5.92 Å². The van der Waals surface area contributed by atoms with E-state index in [-0.39, 0.29) is 11.9 Å². The minimum atomic E-state index is -0.913. The molecule has 5 heteroatoms. The number of carbonyl (C=O) groups is 2. The molecular weight excluding hydrogens is 250 g/mol. The number of carboxylic acids is 1. The molecule has 1 aliphatic carbocycles. The molecule has 1 amide bonds. The van der Waals surface area contributed by atoms with Crippen molar-refractivity contribution in [1.82, 2.24) is 5.32 Å². The van der Waals surface area contributed by atoms with Gasteiger partial charge in [0.1, 0.15) is 0 Å². The molecule has 1 rings (SSSR count). The maximum atomic E-state index is 11.9. The average molecular weight is 273 g/mol. The quantitative estimate of drug-likeness (QED) is 0.778. The Labute approximate surface area is 113 Å². The number of amides is 1. The Kier molecular flexibility index (Phi) is 5.99. The van der Waals surface area contributed by atoms with Crippen LogP contribution in [0, 0.1) is 11.8 Å². The molecule has 0 saturated heterocycles. The van der Waals surface area contributed by atoms with E-state index in [1.54, 1.807) is 13.8 Å². The fourth-order valence-electron chi connectivity index (χ4n) is 2.23. The molecule has 4 nitrogen and oxygen atoms in total. The van der Waals surface area contributed by atoms with Gasteiger partial charge in [-0.15, -0.1) is 0 Å². The van der Waals surface area contributed by atoms with E-state index in [0.29, 0.717) is 5.25 Å². The third-order valence-corrected chi connectivity index (χ3v) is 4.92. The van der Waals surface area contributed by atoms with Crippen LogP contribution in [-0.4, -0.2) is 34.0 Å². The van der Waals surface area contributed by atoms with Crippen molar-refractivity contribution < 1.29 is 14.7 Å². The molecule has 0 aliphatic heterocycles. The van der Waals surface area contributed by atoms with Crippen molar-refractivity contribution in [3.05, 3.63) is 0 Å². The van der Waals surface area contributed by atoms with Crippen LogP contribution < -0.4 is 5.32 Å². The minimum Gasteiger partial charge on any atom is -0.481 e. The molecule has 4 atom stereocenters. The summed E-state index contributed by atoms with van der Waals surface area (Å²) >= 11 is 1.94. The summed E-state index contributed by atoms with van der Waals surface area (Å²) in [6.07, 6.45) is 3.17. The van der Waals surface area contributed by atoms with Gasteiger partial charge in [-0.25, -0.2) is 0 Å². The molecule has 0 spiro atoms. The summed E-state index contributed by atoms with van der Waals surface area (Å²) in [6, 6.07) is 0.227. The zero-order valence-corrected chi connectivity index (χ0v) is 12.1. The first-order chi connectivity index (χ1) is 8.45. The van der Waals surface area contributed by atoms with Crippen molar-refractivity contribution in [3.63, 3.8) is 0 Å². The lowest BCUT2D eigenvalue weighted by Gasteiger charge is -2.19. The highest BCUT2D eigenvalue weighted by Crippen LogP contribution is 2.30. The molecule has 0 radical (unpaired) electrons. The first kappa shape index (κ1) is 15.3. The maximum absolute atomic E-state index is 11.9. The molecular formula is C13H23NO3S. The van der Waals surface area contributed by atoms with E-state index in [0.717, 1.165) is 25.0 Å². The standard InChI is InChI=1S/C13H23NO3S/c1-4-18-11-6-5-10(7-11)14-12(15)8(2)9(3)13(16)17/h8-11H,4-7H2,1-3H3,(H,14,15)(H,16,17). The molecule has 0 aromatic carbocycles. The lowest BCUT2D eigenvalue weighted by molar-refractivity contribution is -0.146. The van der Waals surface area contributed by atoms with Crippen LogP contribution in [-0.2, 0) is 9.59 Å². The van der Waals surface area contributed by atoms with Crippen LogP contribution in [0.1, 0.15) is 40.0 Å². The Morgan fingerprint density at radius 3 is 2.56 bits per heavy atom. The van der Waals surface area contributed by atoms with Gasteiger partial charge < -0.3 is 10.4 Å². The molecule has 0 bridgehead atoms. The largest absolute Gasteiger partial charge is 0.481 e. The van der Waals surface area contributed by atoms with Crippen LogP contribution in [0.4, 0.5) is 0 Å². The van der Waals surface area contributed by atoms with Crippen molar-refractivity contribution in [1.29, 1.82) is 0 Å². The smallest absolute Gasteiger partial charge is 0.307 e. The highest BCUT2D eigenvalue weighted by Gasteiger charge is 2.30. The number of rotatable bonds is 6. The van der Waals surface area contributed by atoms with Gasteiger partial charge >= 0.3 is 5.97 Å². The highest BCUT2D eigenvalue weighted by molar-refractivity contribution is 7.99. The zero-order chi connectivity index (χ0) is 13.7. The van der Waals surface area contributed by atoms with Gasteiger partial charge in [-0.3, -0.25) is 9.59 Å². The zero-order valence-electron chi connectivity index (χ0n) is 11.3. The number of thioether (sulfide) groups is 1. The Morgan fingerprint density at radius 1 is 1.33 bits per heavy atom. The molecule has 104 valence electrons. The predicted octanol–water partition coefficient (Wildman–Crippen LogP) is 2.13. The van der Waals surface area contributed by atoms with Crippen molar-refractivity contribution in [2.45, 2.75) is 51.3 Å². The van der Waals surface area contributed by atoms with Crippen LogP contribution in [0.15, 0.2) is 0 Å². The highest BCUT2D eigenvalue weighted by atomic mass is 32.2. The van der Waals surface area contributed by atoms with Gasteiger partial charge in [0.15, 0.2) is 0 Å². The van der Waals surface area contributed by atoms with Crippen LogP contribution in [0.3, 0.4) is 0 Å². The molecule has 4 unspecified atom stereocenters. The number of nitrogens with one attached hydrogen (secondary N) is 1. The first-order valence-electron chi connectivity index (χ1n) is 6.60. The van der Waals surface area contributed by atoms with Crippen LogP contribution in [0.2, 0.25) is 0 Å². The molecule has 0 aromatic rings. The summed E-state index contributed by atoms with van der Waals surface area (Å²) in [5.41, 5.74) is 0. The molecule has 1 aliphatic rings. The topological polar surface area (TPSA) is 66.4 Å². The van der Waals surface area contributed by atoms with Crippen LogP contribution >= 0.6 is 11.8 Å². The fraction of sp³-hybridized carbons (Fsp3) is 0.846. The number of hydrogen-bond acceptors (Lipinski definition) is 3. The molecule has 2 N–H and O–H groups in total. The van der Waals surface area contributed by atoms with E-state index < -0.39 is 17.8 Å². The molecule has 0 heterocycles. The van der Waals surface area contributed by atoms with Crippen LogP contribution in [0.25, 0.3) is 0 Å². The number of carboxylic acid groups (broad SMARTS) is 1. The van der Waals surface area contributed by atoms with Gasteiger partial charge in [-0.2, -0.15) is 11.8 Å². The van der Waals surface area contributed by atoms with Gasteiger partial charge in [0, 0.05) is 17.2 Å². The average Bonchev–Trinajstić information content (AvgIpc) is 2.75. The van der Waals surface area contributed by atoms with E-state index in [9.17, 15) is 9.59 Å². The summed E-state index contributed by atoms with van der Waals surface area (Å²) in [6.45, 7) is 5.41. The minimum absolute atomic E-state index is 0.128. The maximum Gasteiger partial charge on any atom is 0.307 e. The van der Waals surface area contributed by atoms with Gasteiger partial charge in [0.2, 0.25) is 5.91 Å². The molecule has 0 aromatic heterocycles. The number of hydrogen-bond donors (Lipinski definition) is 2. The first-order valence-corrected chi connectivity index (χ1v) is 7.65. The van der Waals surface area contributed by atoms with Crippen molar-refractivity contribution >= 4 is 23.6 Å². The molecule has 1 fully saturated rings. The lowest BCUT2D eigenvalue weighted by Crippen LogP contribution is -2.40. The second-order valence-corrected chi connectivity index (χ2v) is 6.59. The summed E-state index contributed by atoms with van der Waals surface area (Å²) in [5.74, 6) is -1.04. The van der Waals surface area contributed by atoms with Crippen molar-refractivity contribution in [3.8, 4) is 0 Å². The van der Waals surface area contributed by atoms with Crippen molar-refractivity contribution in [2.75, 3.05) is 5.75 Å². The second-order valence-electron chi connectivity index (χ2n) is 5.01. The normalized spacial score (nSPS) is 26.6. The van der Waals surface area contributed by atoms with Gasteiger partial charge in [0.25, 0.3) is 0 Å². The third-order valence-electron chi connectivity index (χ3n) is 3.69. The Hall–Kier alpha value is -0.710. The van der Waals surface area contributed by atoms with E-state index in [1.165, 1.54) is 0 Å². The number of carbonyl (C=O) groups excluding carboxylic acids is 1.